The summed E-state index contributed by atoms with van der Waals surface area (Å²) in [6.45, 7) is 1.65. The summed E-state index contributed by atoms with van der Waals surface area (Å²) in [5, 5.41) is 10.7. The molecule has 0 N–H and O–H groups in total. The molecule has 2 rings (SSSR count). The summed E-state index contributed by atoms with van der Waals surface area (Å²) < 4.78 is 18.3. The molecule has 19 heavy (non-hydrogen) atoms. The summed E-state index contributed by atoms with van der Waals surface area (Å²) in [6, 6.07) is 4.33. The smallest absolute Gasteiger partial charge is 0.311 e. The second-order valence-corrected chi connectivity index (χ2v) is 3.93. The number of ether oxygens (including phenoxy) is 1. The predicted octanol–water partition coefficient (Wildman–Crippen LogP) is 3.28. The van der Waals surface area contributed by atoms with Crippen molar-refractivity contribution >= 4 is 17.3 Å². The van der Waals surface area contributed by atoms with Crippen LogP contribution in [0.15, 0.2) is 24.3 Å². The monoisotopic (exact) mass is 283 g/mol. The fraction of sp³-hybridized carbons (Fsp3) is 0.0909. The molecule has 0 saturated heterocycles. The van der Waals surface area contributed by atoms with Crippen molar-refractivity contribution in [3.63, 3.8) is 0 Å². The van der Waals surface area contributed by atoms with Crippen LogP contribution >= 0.6 is 11.6 Å². The van der Waals surface area contributed by atoms with Gasteiger partial charge < -0.3 is 4.74 Å². The van der Waals surface area contributed by atoms with Crippen molar-refractivity contribution in [1.29, 1.82) is 0 Å². The van der Waals surface area contributed by atoms with Crippen molar-refractivity contribution < 1.29 is 14.1 Å². The Balaban J connectivity index is 2.42. The van der Waals surface area contributed by atoms with Crippen LogP contribution < -0.4 is 4.74 Å². The van der Waals surface area contributed by atoms with Crippen LogP contribution in [0.25, 0.3) is 0 Å². The fourth-order valence-electron chi connectivity index (χ4n) is 1.39. The van der Waals surface area contributed by atoms with E-state index in [0.717, 1.165) is 18.2 Å². The van der Waals surface area contributed by atoms with Crippen LogP contribution in [0.3, 0.4) is 0 Å². The lowest BCUT2D eigenvalue weighted by atomic mass is 10.3. The van der Waals surface area contributed by atoms with Gasteiger partial charge in [-0.2, -0.15) is 4.98 Å². The van der Waals surface area contributed by atoms with Crippen molar-refractivity contribution in [3.05, 3.63) is 51.2 Å². The number of benzene rings is 1. The van der Waals surface area contributed by atoms with Crippen LogP contribution in [0.4, 0.5) is 10.1 Å². The van der Waals surface area contributed by atoms with Crippen LogP contribution in [0, 0.1) is 22.9 Å². The van der Waals surface area contributed by atoms with E-state index in [1.807, 2.05) is 0 Å². The molecule has 0 saturated carbocycles. The number of nitro benzene ring substituents is 1. The summed E-state index contributed by atoms with van der Waals surface area (Å²) in [4.78, 5) is 17.7. The van der Waals surface area contributed by atoms with E-state index >= 15 is 0 Å². The molecule has 1 aromatic carbocycles. The molecule has 1 heterocycles. The number of aryl methyl sites for hydroxylation is 1. The molecule has 0 aliphatic rings. The Labute approximate surface area is 112 Å². The molecule has 0 fully saturated rings. The van der Waals surface area contributed by atoms with E-state index in [1.165, 1.54) is 6.07 Å². The van der Waals surface area contributed by atoms with Crippen molar-refractivity contribution in [2.24, 2.45) is 0 Å². The molecule has 0 unspecified atom stereocenters. The average molecular weight is 284 g/mol. The minimum absolute atomic E-state index is 0.00574. The highest BCUT2D eigenvalue weighted by atomic mass is 35.5. The maximum Gasteiger partial charge on any atom is 0.311 e. The molecule has 0 aliphatic carbocycles. The van der Waals surface area contributed by atoms with Crippen molar-refractivity contribution in [1.82, 2.24) is 9.97 Å². The molecule has 0 atom stereocenters. The van der Waals surface area contributed by atoms with Crippen molar-refractivity contribution in [3.8, 4) is 11.6 Å². The van der Waals surface area contributed by atoms with Crippen LogP contribution in [0.2, 0.25) is 5.28 Å². The third kappa shape index (κ3) is 3.14. The first-order valence-corrected chi connectivity index (χ1v) is 5.46. The van der Waals surface area contributed by atoms with E-state index in [0.29, 0.717) is 5.69 Å². The third-order valence-electron chi connectivity index (χ3n) is 2.14. The number of aromatic nitrogens is 2. The van der Waals surface area contributed by atoms with Gasteiger partial charge in [-0.25, -0.2) is 9.37 Å². The fourth-order valence-corrected chi connectivity index (χ4v) is 1.61. The Hall–Kier alpha value is -2.28. The first-order valence-electron chi connectivity index (χ1n) is 5.08. The van der Waals surface area contributed by atoms with Crippen LogP contribution in [0.1, 0.15) is 5.69 Å². The first kappa shape index (κ1) is 13.2. The molecule has 1 aromatic heterocycles. The molecule has 0 aliphatic heterocycles. The quantitative estimate of drug-likeness (QED) is 0.491. The van der Waals surface area contributed by atoms with Crippen LogP contribution in [-0.2, 0) is 0 Å². The van der Waals surface area contributed by atoms with E-state index in [9.17, 15) is 14.5 Å². The van der Waals surface area contributed by atoms with Gasteiger partial charge in [-0.3, -0.25) is 10.1 Å². The van der Waals surface area contributed by atoms with Gasteiger partial charge >= 0.3 is 5.69 Å². The summed E-state index contributed by atoms with van der Waals surface area (Å²) in [5.41, 5.74) is 0.155. The zero-order chi connectivity index (χ0) is 14.0. The highest BCUT2D eigenvalue weighted by molar-refractivity contribution is 6.28. The second kappa shape index (κ2) is 5.15. The largest absolute Gasteiger partial charge is 0.432 e. The molecule has 0 bridgehead atoms. The zero-order valence-electron chi connectivity index (χ0n) is 9.63. The molecule has 8 heteroatoms. The SMILES string of the molecule is Cc1cc(Oc2cc(F)ccc2[N+](=O)[O-])nc(Cl)n1. The lowest BCUT2D eigenvalue weighted by Crippen LogP contribution is -1.97. The summed E-state index contributed by atoms with van der Waals surface area (Å²) in [5.74, 6) is -0.900. The standard InChI is InChI=1S/C11H7ClFN3O3/c1-6-4-10(15-11(12)14-6)19-9-5-7(13)2-3-8(9)16(17)18/h2-5H,1H3. The van der Waals surface area contributed by atoms with Crippen LogP contribution in [0.5, 0.6) is 11.6 Å². The average Bonchev–Trinajstić information content (AvgIpc) is 2.26. The van der Waals surface area contributed by atoms with Gasteiger partial charge in [0.05, 0.1) is 4.92 Å². The van der Waals surface area contributed by atoms with E-state index < -0.39 is 10.7 Å². The molecule has 0 spiro atoms. The van der Waals surface area contributed by atoms with Gasteiger partial charge in [-0.05, 0) is 24.6 Å². The van der Waals surface area contributed by atoms with E-state index in [2.05, 4.69) is 9.97 Å². The second-order valence-electron chi connectivity index (χ2n) is 3.59. The lowest BCUT2D eigenvalue weighted by molar-refractivity contribution is -0.385. The topological polar surface area (TPSA) is 78.2 Å². The summed E-state index contributed by atoms with van der Waals surface area (Å²) in [7, 11) is 0. The van der Waals surface area contributed by atoms with Gasteiger partial charge in [0, 0.05) is 23.9 Å². The van der Waals surface area contributed by atoms with Gasteiger partial charge in [-0.15, -0.1) is 0 Å². The number of hydrogen-bond donors (Lipinski definition) is 0. The minimum Gasteiger partial charge on any atom is -0.432 e. The third-order valence-corrected chi connectivity index (χ3v) is 2.31. The summed E-state index contributed by atoms with van der Waals surface area (Å²) in [6.07, 6.45) is 0. The first-order chi connectivity index (χ1) is 8.95. The molecule has 6 nitrogen and oxygen atoms in total. The van der Waals surface area contributed by atoms with E-state index in [4.69, 9.17) is 16.3 Å². The van der Waals surface area contributed by atoms with Gasteiger partial charge in [0.2, 0.25) is 16.9 Å². The highest BCUT2D eigenvalue weighted by Gasteiger charge is 2.17. The molecule has 0 amide bonds. The Kier molecular flexibility index (Phi) is 3.57. The van der Waals surface area contributed by atoms with Gasteiger partial charge in [0.15, 0.2) is 0 Å². The van der Waals surface area contributed by atoms with Crippen LogP contribution in [-0.4, -0.2) is 14.9 Å². The predicted molar refractivity (Wildman–Crippen MR) is 64.9 cm³/mol. The van der Waals surface area contributed by atoms with Gasteiger partial charge in [0.25, 0.3) is 0 Å². The minimum atomic E-state index is -0.676. The summed E-state index contributed by atoms with van der Waals surface area (Å²) >= 11 is 5.64. The Bertz CT molecular complexity index is 631. The Morgan fingerprint density at radius 1 is 1.37 bits per heavy atom. The molecular formula is C11H7ClFN3O3. The molecular weight excluding hydrogens is 277 g/mol. The van der Waals surface area contributed by atoms with E-state index in [-0.39, 0.29) is 22.6 Å². The number of nitrogens with zero attached hydrogens (tertiary/aromatic N) is 3. The lowest BCUT2D eigenvalue weighted by Gasteiger charge is -2.06. The molecule has 0 radical (unpaired) electrons. The van der Waals surface area contributed by atoms with Gasteiger partial charge in [0.1, 0.15) is 5.82 Å². The normalized spacial score (nSPS) is 10.3. The number of nitro groups is 1. The Morgan fingerprint density at radius 3 is 2.74 bits per heavy atom. The van der Waals surface area contributed by atoms with Crippen molar-refractivity contribution in [2.45, 2.75) is 6.92 Å². The number of hydrogen-bond acceptors (Lipinski definition) is 5. The van der Waals surface area contributed by atoms with E-state index in [1.54, 1.807) is 6.92 Å². The molecule has 98 valence electrons. The van der Waals surface area contributed by atoms with Crippen molar-refractivity contribution in [2.75, 3.05) is 0 Å². The molecule has 2 aromatic rings. The maximum absolute atomic E-state index is 13.1. The zero-order valence-corrected chi connectivity index (χ0v) is 10.4. The highest BCUT2D eigenvalue weighted by Crippen LogP contribution is 2.31. The number of rotatable bonds is 3. The number of halogens is 2. The maximum atomic E-state index is 13.1. The Morgan fingerprint density at radius 2 is 2.11 bits per heavy atom. The van der Waals surface area contributed by atoms with Gasteiger partial charge in [-0.1, -0.05) is 0 Å².